The normalized spacial score (nSPS) is 23.3. The minimum atomic E-state index is -0.224. The topological polar surface area (TPSA) is 60.9 Å². The van der Waals surface area contributed by atoms with Gasteiger partial charge in [0.15, 0.2) is 0 Å². The van der Waals surface area contributed by atoms with Crippen molar-refractivity contribution in [3.63, 3.8) is 0 Å². The number of carbonyl (C=O) groups excluding carboxylic acids is 2. The summed E-state index contributed by atoms with van der Waals surface area (Å²) in [4.78, 5) is 28.4. The van der Waals surface area contributed by atoms with Gasteiger partial charge in [0, 0.05) is 49.5 Å². The van der Waals surface area contributed by atoms with Crippen LogP contribution in [0.2, 0.25) is 0 Å². The average Bonchev–Trinajstić information content (AvgIpc) is 2.60. The fourth-order valence-electron chi connectivity index (χ4n) is 4.90. The Balaban J connectivity index is 1.71. The molecule has 1 aromatic carbocycles. The van der Waals surface area contributed by atoms with Gasteiger partial charge in [-0.15, -0.1) is 0 Å². The molecular formula is C22H32N2O3. The molecule has 0 saturated carbocycles. The van der Waals surface area contributed by atoms with E-state index in [0.29, 0.717) is 24.3 Å². The molecule has 1 N–H and O–H groups in total. The van der Waals surface area contributed by atoms with Gasteiger partial charge in [-0.1, -0.05) is 19.1 Å². The van der Waals surface area contributed by atoms with Gasteiger partial charge in [0.25, 0.3) is 0 Å². The second kappa shape index (κ2) is 7.63. The number of nitrogens with zero attached hydrogens (tertiary/aromatic N) is 2. The predicted octanol–water partition coefficient (Wildman–Crippen LogP) is 3.38. The molecular weight excluding hydrogens is 340 g/mol. The van der Waals surface area contributed by atoms with E-state index in [1.807, 2.05) is 24.0 Å². The van der Waals surface area contributed by atoms with Gasteiger partial charge in [-0.2, -0.15) is 0 Å². The van der Waals surface area contributed by atoms with Crippen LogP contribution in [0.15, 0.2) is 24.3 Å². The summed E-state index contributed by atoms with van der Waals surface area (Å²) in [6, 6.07) is 8.39. The number of carbonyl (C=O) groups is 2. The standard InChI is InChI=1S/C22H32N2O3/c1-15(2)24-14-22(20(24)18-5-7-19(26)8-6-18)9-11-23(12-10-22)21(27)16(3)13-17(4)25/h5-8,15-16,20,26H,9-14H2,1-4H3. The molecule has 0 aliphatic carbocycles. The third-order valence-electron chi connectivity index (χ3n) is 6.37. The third-order valence-corrected chi connectivity index (χ3v) is 6.37. The summed E-state index contributed by atoms with van der Waals surface area (Å²) in [5.41, 5.74) is 1.44. The van der Waals surface area contributed by atoms with Crippen LogP contribution in [0.4, 0.5) is 0 Å². The molecule has 2 atom stereocenters. The van der Waals surface area contributed by atoms with E-state index in [1.54, 1.807) is 19.1 Å². The number of Topliss-reactive ketones (excluding diaryl/α,β-unsaturated/α-hetero) is 1. The molecule has 2 fully saturated rings. The quantitative estimate of drug-likeness (QED) is 0.861. The Hall–Kier alpha value is -1.88. The van der Waals surface area contributed by atoms with Crippen LogP contribution in [0.25, 0.3) is 0 Å². The zero-order valence-electron chi connectivity index (χ0n) is 16.9. The number of hydrogen-bond acceptors (Lipinski definition) is 4. The maximum absolute atomic E-state index is 12.6. The molecule has 0 bridgehead atoms. The number of phenols is 1. The monoisotopic (exact) mass is 372 g/mol. The van der Waals surface area contributed by atoms with Crippen molar-refractivity contribution < 1.29 is 14.7 Å². The summed E-state index contributed by atoms with van der Waals surface area (Å²) >= 11 is 0. The Morgan fingerprint density at radius 1 is 1.15 bits per heavy atom. The van der Waals surface area contributed by atoms with Crippen LogP contribution >= 0.6 is 0 Å². The third kappa shape index (κ3) is 3.88. The van der Waals surface area contributed by atoms with E-state index in [2.05, 4.69) is 18.7 Å². The molecule has 148 valence electrons. The highest BCUT2D eigenvalue weighted by molar-refractivity contribution is 5.85. The van der Waals surface area contributed by atoms with Crippen molar-refractivity contribution in [3.8, 4) is 5.75 Å². The largest absolute Gasteiger partial charge is 0.508 e. The van der Waals surface area contributed by atoms with Crippen LogP contribution in [0.5, 0.6) is 5.75 Å². The van der Waals surface area contributed by atoms with Crippen molar-refractivity contribution in [2.45, 2.75) is 59.0 Å². The van der Waals surface area contributed by atoms with Crippen molar-refractivity contribution in [1.29, 1.82) is 0 Å². The molecule has 2 saturated heterocycles. The Morgan fingerprint density at radius 3 is 2.26 bits per heavy atom. The molecule has 5 nitrogen and oxygen atoms in total. The van der Waals surface area contributed by atoms with Crippen LogP contribution in [-0.4, -0.2) is 52.3 Å². The number of hydrogen-bond donors (Lipinski definition) is 1. The lowest BCUT2D eigenvalue weighted by Gasteiger charge is -2.62. The highest BCUT2D eigenvalue weighted by atomic mass is 16.3. The lowest BCUT2D eigenvalue weighted by Crippen LogP contribution is -2.64. The summed E-state index contributed by atoms with van der Waals surface area (Å²) in [7, 11) is 0. The summed E-state index contributed by atoms with van der Waals surface area (Å²) in [6.45, 7) is 10.4. The lowest BCUT2D eigenvalue weighted by atomic mass is 9.62. The molecule has 1 aromatic rings. The second-order valence-corrected chi connectivity index (χ2v) is 8.75. The summed E-state index contributed by atoms with van der Waals surface area (Å²) in [6.07, 6.45) is 2.30. The molecule has 2 aliphatic heterocycles. The number of amides is 1. The Kier molecular flexibility index (Phi) is 5.61. The number of benzene rings is 1. The number of aromatic hydroxyl groups is 1. The van der Waals surface area contributed by atoms with Gasteiger partial charge in [-0.05, 0) is 51.3 Å². The summed E-state index contributed by atoms with van der Waals surface area (Å²) in [5.74, 6) is 0.255. The maximum atomic E-state index is 12.6. The van der Waals surface area contributed by atoms with Gasteiger partial charge in [0.2, 0.25) is 5.91 Å². The number of ketones is 1. The Labute approximate surface area is 162 Å². The van der Waals surface area contributed by atoms with E-state index < -0.39 is 0 Å². The second-order valence-electron chi connectivity index (χ2n) is 8.75. The van der Waals surface area contributed by atoms with Crippen molar-refractivity contribution in [3.05, 3.63) is 29.8 Å². The van der Waals surface area contributed by atoms with Gasteiger partial charge >= 0.3 is 0 Å². The van der Waals surface area contributed by atoms with E-state index in [0.717, 1.165) is 32.5 Å². The number of phenolic OH excluding ortho intramolecular Hbond substituents is 1. The van der Waals surface area contributed by atoms with Crippen LogP contribution in [0.1, 0.15) is 58.6 Å². The van der Waals surface area contributed by atoms with Gasteiger partial charge < -0.3 is 14.8 Å². The zero-order chi connectivity index (χ0) is 19.8. The first kappa shape index (κ1) is 19.9. The number of piperidine rings is 1. The molecule has 3 rings (SSSR count). The zero-order valence-corrected chi connectivity index (χ0v) is 16.9. The van der Waals surface area contributed by atoms with Crippen LogP contribution in [-0.2, 0) is 9.59 Å². The van der Waals surface area contributed by atoms with Crippen LogP contribution < -0.4 is 0 Å². The molecule has 5 heteroatoms. The molecule has 1 amide bonds. The summed E-state index contributed by atoms with van der Waals surface area (Å²) in [5, 5.41) is 9.63. The van der Waals surface area contributed by atoms with E-state index in [1.165, 1.54) is 5.56 Å². The lowest BCUT2D eigenvalue weighted by molar-refractivity contribution is -0.151. The first-order valence-corrected chi connectivity index (χ1v) is 10.1. The van der Waals surface area contributed by atoms with Gasteiger partial charge in [-0.3, -0.25) is 9.69 Å². The smallest absolute Gasteiger partial charge is 0.225 e. The molecule has 0 aromatic heterocycles. The molecule has 2 unspecified atom stereocenters. The highest BCUT2D eigenvalue weighted by Crippen LogP contribution is 2.55. The molecule has 27 heavy (non-hydrogen) atoms. The van der Waals surface area contributed by atoms with E-state index in [9.17, 15) is 14.7 Å². The van der Waals surface area contributed by atoms with E-state index in [4.69, 9.17) is 0 Å². The Morgan fingerprint density at radius 2 is 1.74 bits per heavy atom. The Bertz CT molecular complexity index is 690. The van der Waals surface area contributed by atoms with Gasteiger partial charge in [-0.25, -0.2) is 0 Å². The summed E-state index contributed by atoms with van der Waals surface area (Å²) < 4.78 is 0. The van der Waals surface area contributed by atoms with Gasteiger partial charge in [0.05, 0.1) is 0 Å². The SMILES string of the molecule is CC(=O)CC(C)C(=O)N1CCC2(CC1)CN(C(C)C)C2c1ccc(O)cc1. The fourth-order valence-corrected chi connectivity index (χ4v) is 4.90. The predicted molar refractivity (Wildman–Crippen MR) is 105 cm³/mol. The first-order chi connectivity index (χ1) is 12.7. The number of likely N-dealkylation sites (tertiary alicyclic amines) is 2. The van der Waals surface area contributed by atoms with E-state index >= 15 is 0 Å². The van der Waals surface area contributed by atoms with Crippen molar-refractivity contribution >= 4 is 11.7 Å². The van der Waals surface area contributed by atoms with Crippen molar-refractivity contribution in [2.75, 3.05) is 19.6 Å². The molecule has 2 aliphatic rings. The fraction of sp³-hybridized carbons (Fsp3) is 0.636. The number of rotatable bonds is 5. The highest BCUT2D eigenvalue weighted by Gasteiger charge is 2.54. The average molecular weight is 373 g/mol. The maximum Gasteiger partial charge on any atom is 0.225 e. The van der Waals surface area contributed by atoms with Crippen LogP contribution in [0.3, 0.4) is 0 Å². The minimum absolute atomic E-state index is 0.0725. The van der Waals surface area contributed by atoms with Crippen LogP contribution in [0, 0.1) is 11.3 Å². The molecule has 0 radical (unpaired) electrons. The van der Waals surface area contributed by atoms with Crippen molar-refractivity contribution in [2.24, 2.45) is 11.3 Å². The van der Waals surface area contributed by atoms with Gasteiger partial charge in [0.1, 0.15) is 11.5 Å². The first-order valence-electron chi connectivity index (χ1n) is 10.1. The van der Waals surface area contributed by atoms with E-state index in [-0.39, 0.29) is 23.0 Å². The molecule has 2 heterocycles. The van der Waals surface area contributed by atoms with Crippen molar-refractivity contribution in [1.82, 2.24) is 9.80 Å². The molecule has 1 spiro atoms. The minimum Gasteiger partial charge on any atom is -0.508 e.